The quantitative estimate of drug-likeness (QED) is 0.294. The van der Waals surface area contributed by atoms with Crippen molar-refractivity contribution in [2.45, 2.75) is 82.4 Å². The second kappa shape index (κ2) is 13.7. The molecule has 1 N–H and O–H groups in total. The maximum atomic E-state index is 10.5. The zero-order valence-corrected chi connectivity index (χ0v) is 12.6. The van der Waals surface area contributed by atoms with Gasteiger partial charge >= 0.3 is 5.97 Å². The van der Waals surface area contributed by atoms with Gasteiger partial charge < -0.3 is 5.11 Å². The van der Waals surface area contributed by atoms with Crippen LogP contribution in [0.1, 0.15) is 77.0 Å². The van der Waals surface area contributed by atoms with E-state index in [0.717, 1.165) is 19.3 Å². The molecule has 2 nitrogen and oxygen atoms in total. The van der Waals surface area contributed by atoms with E-state index in [0.29, 0.717) is 6.42 Å². The number of terminal acetylenes is 1. The minimum atomic E-state index is -0.897. The van der Waals surface area contributed by atoms with E-state index < -0.39 is 11.3 Å². The molecule has 0 fully saturated rings. The Labute approximate surface area is 122 Å². The van der Waals surface area contributed by atoms with E-state index in [1.165, 1.54) is 51.4 Å². The van der Waals surface area contributed by atoms with Crippen molar-refractivity contribution in [1.29, 1.82) is 0 Å². The third kappa shape index (κ3) is 13.6. The molecule has 1 unspecified atom stereocenters. The van der Waals surface area contributed by atoms with E-state index in [9.17, 15) is 4.79 Å². The summed E-state index contributed by atoms with van der Waals surface area (Å²) in [5, 5.41) is 7.91. The van der Waals surface area contributed by atoms with Gasteiger partial charge in [0.15, 0.2) is 0 Å². The number of carboxylic acids is 1. The van der Waals surface area contributed by atoms with Crippen LogP contribution in [-0.2, 0) is 4.79 Å². The zero-order chi connectivity index (χ0) is 14.3. The second-order valence-corrected chi connectivity index (χ2v) is 5.61. The highest BCUT2D eigenvalue weighted by Crippen LogP contribution is 2.13. The number of carboxylic acid groups (broad SMARTS) is 1. The molecular formula is C16H27ClO2. The molecule has 0 aliphatic carbocycles. The molecule has 19 heavy (non-hydrogen) atoms. The normalized spacial score (nSPS) is 12.0. The molecule has 0 bridgehead atoms. The van der Waals surface area contributed by atoms with Crippen LogP contribution in [0, 0.1) is 12.3 Å². The number of aliphatic carboxylic acids is 1. The summed E-state index contributed by atoms with van der Waals surface area (Å²) >= 11 is 5.64. The predicted molar refractivity (Wildman–Crippen MR) is 81.5 cm³/mol. The summed E-state index contributed by atoms with van der Waals surface area (Å²) < 4.78 is 0. The fourth-order valence-corrected chi connectivity index (χ4v) is 2.24. The highest BCUT2D eigenvalue weighted by molar-refractivity contribution is 6.29. The topological polar surface area (TPSA) is 37.3 Å². The molecule has 0 aromatic heterocycles. The molecule has 0 saturated heterocycles. The predicted octanol–water partition coefficient (Wildman–Crippen LogP) is 4.99. The van der Waals surface area contributed by atoms with Gasteiger partial charge in [0.25, 0.3) is 0 Å². The lowest BCUT2D eigenvalue weighted by molar-refractivity contribution is -0.136. The van der Waals surface area contributed by atoms with Crippen LogP contribution >= 0.6 is 11.6 Å². The molecule has 0 spiro atoms. The van der Waals surface area contributed by atoms with Gasteiger partial charge in [-0.3, -0.25) is 4.79 Å². The van der Waals surface area contributed by atoms with Crippen LogP contribution in [-0.4, -0.2) is 16.5 Å². The lowest BCUT2D eigenvalue weighted by Crippen LogP contribution is -2.12. The lowest BCUT2D eigenvalue weighted by Gasteiger charge is -2.04. The number of hydrogen-bond acceptors (Lipinski definition) is 1. The zero-order valence-electron chi connectivity index (χ0n) is 11.9. The van der Waals surface area contributed by atoms with Gasteiger partial charge in [0.2, 0.25) is 0 Å². The Morgan fingerprint density at radius 1 is 0.947 bits per heavy atom. The summed E-state index contributed by atoms with van der Waals surface area (Å²) in [4.78, 5) is 10.5. The Kier molecular flexibility index (Phi) is 13.3. The van der Waals surface area contributed by atoms with Crippen molar-refractivity contribution in [3.8, 4) is 12.3 Å². The Bertz CT molecular complexity index is 258. The van der Waals surface area contributed by atoms with Crippen LogP contribution in [0.3, 0.4) is 0 Å². The summed E-state index contributed by atoms with van der Waals surface area (Å²) in [6.45, 7) is 0. The first-order valence-electron chi connectivity index (χ1n) is 7.49. The van der Waals surface area contributed by atoms with E-state index in [1.807, 2.05) is 0 Å². The summed E-state index contributed by atoms with van der Waals surface area (Å²) in [6.07, 6.45) is 18.8. The number of carbonyl (C=O) groups is 1. The van der Waals surface area contributed by atoms with Crippen molar-refractivity contribution >= 4 is 17.6 Å². The fourth-order valence-electron chi connectivity index (χ4n) is 2.09. The maximum absolute atomic E-state index is 10.5. The number of rotatable bonds is 13. The Morgan fingerprint density at radius 2 is 1.37 bits per heavy atom. The molecule has 0 amide bonds. The molecule has 0 aliphatic rings. The van der Waals surface area contributed by atoms with E-state index >= 15 is 0 Å². The van der Waals surface area contributed by atoms with E-state index in [-0.39, 0.29) is 0 Å². The number of halogens is 1. The van der Waals surface area contributed by atoms with Crippen LogP contribution < -0.4 is 0 Å². The summed E-state index contributed by atoms with van der Waals surface area (Å²) in [7, 11) is 0. The first kappa shape index (κ1) is 18.3. The van der Waals surface area contributed by atoms with E-state index in [1.54, 1.807) is 0 Å². The number of alkyl halides is 1. The van der Waals surface area contributed by atoms with Crippen molar-refractivity contribution in [1.82, 2.24) is 0 Å². The van der Waals surface area contributed by atoms with Crippen LogP contribution in [0.2, 0.25) is 0 Å². The third-order valence-corrected chi connectivity index (χ3v) is 3.70. The van der Waals surface area contributed by atoms with Gasteiger partial charge in [-0.25, -0.2) is 0 Å². The van der Waals surface area contributed by atoms with Gasteiger partial charge in [0, 0.05) is 6.42 Å². The molecule has 0 aromatic rings. The van der Waals surface area contributed by atoms with Crippen molar-refractivity contribution < 1.29 is 9.90 Å². The van der Waals surface area contributed by atoms with Gasteiger partial charge in [0.1, 0.15) is 5.38 Å². The summed E-state index contributed by atoms with van der Waals surface area (Å²) in [6, 6.07) is 0. The molecule has 110 valence electrons. The third-order valence-electron chi connectivity index (χ3n) is 3.30. The number of hydrogen-bond donors (Lipinski definition) is 1. The molecule has 1 atom stereocenters. The largest absolute Gasteiger partial charge is 0.480 e. The first-order valence-corrected chi connectivity index (χ1v) is 7.92. The highest BCUT2D eigenvalue weighted by atomic mass is 35.5. The molecule has 0 rings (SSSR count). The molecule has 0 heterocycles. The SMILES string of the molecule is C#CCCCCCCCCCCCCC(Cl)C(=O)O. The molecule has 0 aliphatic heterocycles. The molecule has 0 saturated carbocycles. The minimum absolute atomic E-state index is 0.589. The van der Waals surface area contributed by atoms with Crippen LogP contribution in [0.25, 0.3) is 0 Å². The minimum Gasteiger partial charge on any atom is -0.480 e. The molecule has 3 heteroatoms. The van der Waals surface area contributed by atoms with Gasteiger partial charge in [-0.2, -0.15) is 0 Å². The monoisotopic (exact) mass is 286 g/mol. The van der Waals surface area contributed by atoms with Gasteiger partial charge in [-0.05, 0) is 12.8 Å². The molecular weight excluding hydrogens is 260 g/mol. The Balaban J connectivity index is 3.07. The van der Waals surface area contributed by atoms with Gasteiger partial charge in [-0.1, -0.05) is 57.8 Å². The van der Waals surface area contributed by atoms with E-state index in [2.05, 4.69) is 5.92 Å². The van der Waals surface area contributed by atoms with Gasteiger partial charge in [0.05, 0.1) is 0 Å². The summed E-state index contributed by atoms with van der Waals surface area (Å²) in [5.41, 5.74) is 0. The van der Waals surface area contributed by atoms with Crippen molar-refractivity contribution in [2.24, 2.45) is 0 Å². The second-order valence-electron chi connectivity index (χ2n) is 5.08. The first-order chi connectivity index (χ1) is 9.18. The number of unbranched alkanes of at least 4 members (excludes halogenated alkanes) is 10. The van der Waals surface area contributed by atoms with Crippen LogP contribution in [0.4, 0.5) is 0 Å². The van der Waals surface area contributed by atoms with Crippen molar-refractivity contribution in [3.63, 3.8) is 0 Å². The molecule has 0 radical (unpaired) electrons. The smallest absolute Gasteiger partial charge is 0.321 e. The lowest BCUT2D eigenvalue weighted by atomic mass is 10.0. The van der Waals surface area contributed by atoms with Gasteiger partial charge in [-0.15, -0.1) is 23.9 Å². The van der Waals surface area contributed by atoms with Crippen molar-refractivity contribution in [2.75, 3.05) is 0 Å². The Hall–Kier alpha value is -0.680. The maximum Gasteiger partial charge on any atom is 0.321 e. The van der Waals surface area contributed by atoms with Crippen LogP contribution in [0.5, 0.6) is 0 Å². The average molecular weight is 287 g/mol. The van der Waals surface area contributed by atoms with Crippen LogP contribution in [0.15, 0.2) is 0 Å². The van der Waals surface area contributed by atoms with E-state index in [4.69, 9.17) is 23.1 Å². The molecule has 0 aromatic carbocycles. The average Bonchev–Trinajstić information content (AvgIpc) is 2.39. The Morgan fingerprint density at radius 3 is 1.79 bits per heavy atom. The highest BCUT2D eigenvalue weighted by Gasteiger charge is 2.11. The fraction of sp³-hybridized carbons (Fsp3) is 0.812. The summed E-state index contributed by atoms with van der Waals surface area (Å²) in [5.74, 6) is 1.77. The standard InChI is InChI=1S/C16H27ClO2/c1-2-3-4-5-6-7-8-9-10-11-12-13-14-15(17)16(18)19/h1,15H,3-14H2,(H,18,19). The van der Waals surface area contributed by atoms with Crippen molar-refractivity contribution in [3.05, 3.63) is 0 Å².